The van der Waals surface area contributed by atoms with Crippen molar-refractivity contribution < 1.29 is 4.79 Å². The maximum Gasteiger partial charge on any atom is 0.274 e. The van der Waals surface area contributed by atoms with E-state index in [1.165, 1.54) is 0 Å². The molecule has 6 nitrogen and oxygen atoms in total. The summed E-state index contributed by atoms with van der Waals surface area (Å²) in [6.07, 6.45) is 0. The zero-order valence-electron chi connectivity index (χ0n) is 14.1. The third-order valence-electron chi connectivity index (χ3n) is 3.56. The lowest BCUT2D eigenvalue weighted by atomic mass is 10.2. The molecule has 27 heavy (non-hydrogen) atoms. The number of benzene rings is 2. The van der Waals surface area contributed by atoms with Gasteiger partial charge < -0.3 is 10.6 Å². The number of para-hydroxylation sites is 1. The highest BCUT2D eigenvalue weighted by molar-refractivity contribution is 6.35. The molecule has 0 saturated heterocycles. The Morgan fingerprint density at radius 1 is 1.07 bits per heavy atom. The van der Waals surface area contributed by atoms with Crippen molar-refractivity contribution in [2.45, 2.75) is 6.92 Å². The van der Waals surface area contributed by atoms with Crippen LogP contribution in [0.5, 0.6) is 0 Å². The Labute approximate surface area is 165 Å². The van der Waals surface area contributed by atoms with E-state index in [1.54, 1.807) is 55.5 Å². The van der Waals surface area contributed by atoms with E-state index in [4.69, 9.17) is 23.2 Å². The summed E-state index contributed by atoms with van der Waals surface area (Å²) in [6, 6.07) is 15.4. The van der Waals surface area contributed by atoms with E-state index in [0.29, 0.717) is 32.7 Å². The number of nitriles is 1. The molecule has 1 heterocycles. The van der Waals surface area contributed by atoms with Gasteiger partial charge in [-0.05, 0) is 43.3 Å². The van der Waals surface area contributed by atoms with Gasteiger partial charge in [0.2, 0.25) is 5.95 Å². The van der Waals surface area contributed by atoms with Crippen LogP contribution in [0.3, 0.4) is 0 Å². The van der Waals surface area contributed by atoms with Gasteiger partial charge in [0.15, 0.2) is 0 Å². The van der Waals surface area contributed by atoms with Crippen LogP contribution in [0.25, 0.3) is 0 Å². The highest BCUT2D eigenvalue weighted by Gasteiger charge is 2.14. The molecule has 2 N–H and O–H groups in total. The first-order valence-corrected chi connectivity index (χ1v) is 8.60. The second-order valence-electron chi connectivity index (χ2n) is 5.58. The van der Waals surface area contributed by atoms with Crippen molar-refractivity contribution in [3.8, 4) is 6.07 Å². The van der Waals surface area contributed by atoms with Crippen molar-refractivity contribution >= 4 is 46.4 Å². The number of aromatic nitrogens is 2. The van der Waals surface area contributed by atoms with Crippen molar-refractivity contribution in [3.05, 3.63) is 75.5 Å². The number of aryl methyl sites for hydroxylation is 1. The molecule has 0 saturated carbocycles. The van der Waals surface area contributed by atoms with Crippen molar-refractivity contribution in [1.82, 2.24) is 9.97 Å². The van der Waals surface area contributed by atoms with Crippen LogP contribution in [0.15, 0.2) is 48.5 Å². The zero-order chi connectivity index (χ0) is 19.4. The minimum atomic E-state index is -0.457. The largest absolute Gasteiger partial charge is 0.323 e. The minimum absolute atomic E-state index is 0.149. The number of rotatable bonds is 4. The lowest BCUT2D eigenvalue weighted by Crippen LogP contribution is -2.16. The van der Waals surface area contributed by atoms with Gasteiger partial charge in [0.05, 0.1) is 22.0 Å². The number of amides is 1. The average Bonchev–Trinajstić information content (AvgIpc) is 2.64. The summed E-state index contributed by atoms with van der Waals surface area (Å²) in [7, 11) is 0. The van der Waals surface area contributed by atoms with Gasteiger partial charge in [-0.1, -0.05) is 35.3 Å². The number of carbonyl (C=O) groups is 1. The SMILES string of the molecule is Cc1cc(C(=O)Nc2cc(Cl)ccc2Cl)nc(Nc2ccccc2C#N)n1. The van der Waals surface area contributed by atoms with Crippen LogP contribution in [-0.2, 0) is 0 Å². The Balaban J connectivity index is 1.88. The first-order chi connectivity index (χ1) is 13.0. The van der Waals surface area contributed by atoms with Gasteiger partial charge in [-0.3, -0.25) is 4.79 Å². The fourth-order valence-corrected chi connectivity index (χ4v) is 2.67. The van der Waals surface area contributed by atoms with Gasteiger partial charge in [-0.2, -0.15) is 5.26 Å². The second-order valence-corrected chi connectivity index (χ2v) is 6.42. The molecule has 0 spiro atoms. The fraction of sp³-hybridized carbons (Fsp3) is 0.0526. The molecule has 0 radical (unpaired) electrons. The predicted molar refractivity (Wildman–Crippen MR) is 106 cm³/mol. The normalized spacial score (nSPS) is 10.1. The van der Waals surface area contributed by atoms with Crippen molar-refractivity contribution in [2.24, 2.45) is 0 Å². The number of hydrogen-bond acceptors (Lipinski definition) is 5. The summed E-state index contributed by atoms with van der Waals surface area (Å²) >= 11 is 12.0. The number of hydrogen-bond donors (Lipinski definition) is 2. The molecule has 0 aliphatic rings. The van der Waals surface area contributed by atoms with E-state index >= 15 is 0 Å². The molecule has 3 rings (SSSR count). The van der Waals surface area contributed by atoms with E-state index in [2.05, 4.69) is 26.7 Å². The summed E-state index contributed by atoms with van der Waals surface area (Å²) in [5.41, 5.74) is 2.11. The maximum absolute atomic E-state index is 12.6. The van der Waals surface area contributed by atoms with Crippen LogP contribution < -0.4 is 10.6 Å². The number of nitrogens with zero attached hydrogens (tertiary/aromatic N) is 3. The average molecular weight is 398 g/mol. The quantitative estimate of drug-likeness (QED) is 0.648. The topological polar surface area (TPSA) is 90.7 Å². The van der Waals surface area contributed by atoms with Crippen LogP contribution in [0.4, 0.5) is 17.3 Å². The van der Waals surface area contributed by atoms with E-state index in [-0.39, 0.29) is 11.6 Å². The predicted octanol–water partition coefficient (Wildman–Crippen LogP) is 4.96. The lowest BCUT2D eigenvalue weighted by Gasteiger charge is -2.10. The second kappa shape index (κ2) is 8.04. The van der Waals surface area contributed by atoms with Crippen molar-refractivity contribution in [3.63, 3.8) is 0 Å². The van der Waals surface area contributed by atoms with Gasteiger partial charge in [0.1, 0.15) is 11.8 Å². The van der Waals surface area contributed by atoms with Gasteiger partial charge in [0.25, 0.3) is 5.91 Å². The Morgan fingerprint density at radius 2 is 1.85 bits per heavy atom. The fourth-order valence-electron chi connectivity index (χ4n) is 2.33. The molecule has 3 aromatic rings. The summed E-state index contributed by atoms with van der Waals surface area (Å²) in [6.45, 7) is 1.74. The van der Waals surface area contributed by atoms with E-state index in [1.807, 2.05) is 0 Å². The molecule has 8 heteroatoms. The first kappa shape index (κ1) is 18.6. The van der Waals surface area contributed by atoms with Crippen LogP contribution in [0.1, 0.15) is 21.7 Å². The molecule has 1 aromatic heterocycles. The molecule has 0 fully saturated rings. The molecular formula is C19H13Cl2N5O. The third-order valence-corrected chi connectivity index (χ3v) is 4.12. The van der Waals surface area contributed by atoms with Gasteiger partial charge in [-0.15, -0.1) is 0 Å². The smallest absolute Gasteiger partial charge is 0.274 e. The molecular weight excluding hydrogens is 385 g/mol. The maximum atomic E-state index is 12.6. The number of anilines is 3. The van der Waals surface area contributed by atoms with E-state index in [0.717, 1.165) is 0 Å². The van der Waals surface area contributed by atoms with Gasteiger partial charge >= 0.3 is 0 Å². The van der Waals surface area contributed by atoms with Gasteiger partial charge in [-0.25, -0.2) is 9.97 Å². The Bertz CT molecular complexity index is 1060. The van der Waals surface area contributed by atoms with E-state index in [9.17, 15) is 10.1 Å². The minimum Gasteiger partial charge on any atom is -0.323 e. The highest BCUT2D eigenvalue weighted by atomic mass is 35.5. The van der Waals surface area contributed by atoms with Crippen LogP contribution in [-0.4, -0.2) is 15.9 Å². The summed E-state index contributed by atoms with van der Waals surface area (Å²) in [4.78, 5) is 21.1. The molecule has 0 unspecified atom stereocenters. The number of halogens is 2. The monoisotopic (exact) mass is 397 g/mol. The first-order valence-electron chi connectivity index (χ1n) is 7.84. The molecule has 0 aliphatic carbocycles. The van der Waals surface area contributed by atoms with Crippen molar-refractivity contribution in [2.75, 3.05) is 10.6 Å². The molecule has 0 atom stereocenters. The number of carbonyl (C=O) groups excluding carboxylic acids is 1. The molecule has 134 valence electrons. The van der Waals surface area contributed by atoms with Crippen molar-refractivity contribution in [1.29, 1.82) is 5.26 Å². The van der Waals surface area contributed by atoms with Gasteiger partial charge in [0, 0.05) is 10.7 Å². The summed E-state index contributed by atoms with van der Waals surface area (Å²) in [5, 5.41) is 15.7. The van der Waals surface area contributed by atoms with Crippen LogP contribution >= 0.6 is 23.2 Å². The van der Waals surface area contributed by atoms with Crippen LogP contribution in [0, 0.1) is 18.3 Å². The Kier molecular flexibility index (Phi) is 5.55. The Morgan fingerprint density at radius 3 is 2.63 bits per heavy atom. The molecule has 1 amide bonds. The van der Waals surface area contributed by atoms with Crippen LogP contribution in [0.2, 0.25) is 10.0 Å². The molecule has 0 aliphatic heterocycles. The summed E-state index contributed by atoms with van der Waals surface area (Å²) < 4.78 is 0. The third kappa shape index (κ3) is 4.53. The Hall–Kier alpha value is -3.14. The molecule has 2 aromatic carbocycles. The molecule has 0 bridgehead atoms. The van der Waals surface area contributed by atoms with E-state index < -0.39 is 5.91 Å². The lowest BCUT2D eigenvalue weighted by molar-refractivity contribution is 0.102. The zero-order valence-corrected chi connectivity index (χ0v) is 15.6. The standard InChI is InChI=1S/C19H13Cl2N5O/c1-11-8-17(18(27)24-16-9-13(20)6-7-14(16)21)26-19(23-11)25-15-5-3-2-4-12(15)10-22/h2-9H,1H3,(H,24,27)(H,23,25,26). The number of nitrogens with one attached hydrogen (secondary N) is 2. The highest BCUT2D eigenvalue weighted by Crippen LogP contribution is 2.26. The summed E-state index contributed by atoms with van der Waals surface area (Å²) in [5.74, 6) is -0.249.